The lowest BCUT2D eigenvalue weighted by molar-refractivity contribution is 0.0711. The van der Waals surface area contributed by atoms with Gasteiger partial charge < -0.3 is 9.64 Å². The predicted octanol–water partition coefficient (Wildman–Crippen LogP) is 3.56. The molecule has 3 aromatic rings. The van der Waals surface area contributed by atoms with E-state index in [-0.39, 0.29) is 0 Å². The fraction of sp³-hybridized carbons (Fsp3) is 0.222. The predicted molar refractivity (Wildman–Crippen MR) is 102 cm³/mol. The molecule has 8 heteroatoms. The van der Waals surface area contributed by atoms with Gasteiger partial charge in [0.05, 0.1) is 23.4 Å². The Labute approximate surface area is 158 Å². The van der Waals surface area contributed by atoms with Crippen LogP contribution in [0.4, 0.5) is 5.13 Å². The molecule has 0 unspecified atom stereocenters. The summed E-state index contributed by atoms with van der Waals surface area (Å²) in [5.74, 6) is 0.384. The monoisotopic (exact) mass is 387 g/mol. The summed E-state index contributed by atoms with van der Waals surface area (Å²) in [6.07, 6.45) is 2.76. The first-order chi connectivity index (χ1) is 12.7. The number of anilines is 1. The Bertz CT molecular complexity index is 934. The number of nitrogens with one attached hydrogen (secondary N) is 1. The Balaban J connectivity index is 1.53. The average Bonchev–Trinajstić information content (AvgIpc) is 3.34. The molecule has 0 atom stereocenters. The maximum absolute atomic E-state index is 11.6. The molecule has 0 radical (unpaired) electrons. The molecule has 0 bridgehead atoms. The van der Waals surface area contributed by atoms with Gasteiger partial charge in [-0.2, -0.15) is 0 Å². The fourth-order valence-electron chi connectivity index (χ4n) is 2.95. The molecule has 1 aliphatic heterocycles. The molecule has 0 aliphatic carbocycles. The minimum Gasteiger partial charge on any atom is -0.497 e. The number of carbonyl (C=O) groups is 1. The number of aromatic nitrogens is 1. The number of hydroxylamine groups is 1. The summed E-state index contributed by atoms with van der Waals surface area (Å²) in [4.78, 5) is 21.2. The van der Waals surface area contributed by atoms with Gasteiger partial charge in [0, 0.05) is 17.6 Å². The van der Waals surface area contributed by atoms with Crippen LogP contribution in [0.25, 0.3) is 10.4 Å². The number of amides is 1. The van der Waals surface area contributed by atoms with E-state index < -0.39 is 5.91 Å². The van der Waals surface area contributed by atoms with Gasteiger partial charge in [0.15, 0.2) is 5.13 Å². The second-order valence-corrected chi connectivity index (χ2v) is 8.05. The number of hydrogen-bond acceptors (Lipinski definition) is 7. The molecule has 0 fully saturated rings. The number of thiazole rings is 1. The van der Waals surface area contributed by atoms with E-state index >= 15 is 0 Å². The highest BCUT2D eigenvalue weighted by Crippen LogP contribution is 2.36. The highest BCUT2D eigenvalue weighted by Gasteiger charge is 2.23. The second-order valence-electron chi connectivity index (χ2n) is 5.91. The third-order valence-electron chi connectivity index (χ3n) is 4.35. The lowest BCUT2D eigenvalue weighted by atomic mass is 10.1. The molecule has 2 aromatic heterocycles. The van der Waals surface area contributed by atoms with Crippen molar-refractivity contribution in [2.75, 3.05) is 18.6 Å². The average molecular weight is 387 g/mol. The molecule has 1 amide bonds. The van der Waals surface area contributed by atoms with E-state index in [1.807, 2.05) is 36.5 Å². The number of ether oxygens (including phenoxy) is 1. The smallest absolute Gasteiger partial charge is 0.284 e. The summed E-state index contributed by atoms with van der Waals surface area (Å²) < 4.78 is 5.20. The quantitative estimate of drug-likeness (QED) is 0.529. The molecule has 0 spiro atoms. The van der Waals surface area contributed by atoms with Crippen molar-refractivity contribution in [2.45, 2.75) is 13.0 Å². The van der Waals surface area contributed by atoms with Crippen molar-refractivity contribution < 1.29 is 14.7 Å². The van der Waals surface area contributed by atoms with Gasteiger partial charge in [0.1, 0.15) is 5.75 Å². The van der Waals surface area contributed by atoms with Crippen LogP contribution in [-0.2, 0) is 13.0 Å². The van der Waals surface area contributed by atoms with Crippen LogP contribution in [0, 0.1) is 0 Å². The third-order valence-corrected chi connectivity index (χ3v) is 6.61. The van der Waals surface area contributed by atoms with Gasteiger partial charge in [0.2, 0.25) is 0 Å². The van der Waals surface area contributed by atoms with Gasteiger partial charge in [-0.25, -0.2) is 10.5 Å². The molecule has 2 N–H and O–H groups in total. The van der Waals surface area contributed by atoms with Gasteiger partial charge >= 0.3 is 0 Å². The van der Waals surface area contributed by atoms with Crippen molar-refractivity contribution in [1.29, 1.82) is 0 Å². The largest absolute Gasteiger partial charge is 0.497 e. The lowest BCUT2D eigenvalue weighted by Gasteiger charge is -2.26. The molecule has 0 saturated carbocycles. The Morgan fingerprint density at radius 1 is 1.31 bits per heavy atom. The van der Waals surface area contributed by atoms with Gasteiger partial charge in [0.25, 0.3) is 5.91 Å². The van der Waals surface area contributed by atoms with Crippen molar-refractivity contribution in [3.8, 4) is 16.2 Å². The van der Waals surface area contributed by atoms with Crippen LogP contribution < -0.4 is 15.1 Å². The molecule has 1 aliphatic rings. The molecule has 134 valence electrons. The van der Waals surface area contributed by atoms with E-state index in [0.717, 1.165) is 45.7 Å². The van der Waals surface area contributed by atoms with Gasteiger partial charge in [-0.1, -0.05) is 11.3 Å². The molecule has 3 heterocycles. The van der Waals surface area contributed by atoms with Crippen molar-refractivity contribution in [1.82, 2.24) is 10.5 Å². The van der Waals surface area contributed by atoms with Gasteiger partial charge in [-0.05, 0) is 47.9 Å². The van der Waals surface area contributed by atoms with E-state index in [9.17, 15) is 4.79 Å². The summed E-state index contributed by atoms with van der Waals surface area (Å²) in [6, 6.07) is 9.82. The number of thiophene rings is 1. The Morgan fingerprint density at radius 3 is 2.85 bits per heavy atom. The molecule has 26 heavy (non-hydrogen) atoms. The highest BCUT2D eigenvalue weighted by molar-refractivity contribution is 7.19. The zero-order chi connectivity index (χ0) is 18.1. The molecule has 6 nitrogen and oxygen atoms in total. The van der Waals surface area contributed by atoms with Crippen LogP contribution in [0.2, 0.25) is 0 Å². The number of rotatable bonds is 4. The molecule has 4 rings (SSSR count). The number of benzene rings is 1. The van der Waals surface area contributed by atoms with Crippen LogP contribution in [-0.4, -0.2) is 29.8 Å². The summed E-state index contributed by atoms with van der Waals surface area (Å²) in [7, 11) is 1.66. The minimum atomic E-state index is -0.452. The van der Waals surface area contributed by atoms with Crippen molar-refractivity contribution in [3.63, 3.8) is 0 Å². The second kappa shape index (κ2) is 7.06. The SMILES string of the molecule is COc1ccc(-c2cnc(N3CCc4cc(C(=O)NO)sc4C3)s2)cc1. The minimum absolute atomic E-state index is 0.452. The molecule has 0 saturated heterocycles. The normalized spacial score (nSPS) is 13.4. The zero-order valence-electron chi connectivity index (χ0n) is 14.1. The van der Waals surface area contributed by atoms with Gasteiger partial charge in [-0.3, -0.25) is 10.0 Å². The van der Waals surface area contributed by atoms with Crippen molar-refractivity contribution in [3.05, 3.63) is 51.8 Å². The summed E-state index contributed by atoms with van der Waals surface area (Å²) in [5.41, 5.74) is 4.00. The number of hydrogen-bond donors (Lipinski definition) is 2. The van der Waals surface area contributed by atoms with E-state index in [0.29, 0.717) is 4.88 Å². The Kier molecular flexibility index (Phi) is 4.62. The number of fused-ring (bicyclic) bond motifs is 1. The number of carbonyl (C=O) groups excluding carboxylic acids is 1. The zero-order valence-corrected chi connectivity index (χ0v) is 15.7. The number of methoxy groups -OCH3 is 1. The van der Waals surface area contributed by atoms with Crippen LogP contribution >= 0.6 is 22.7 Å². The first-order valence-corrected chi connectivity index (χ1v) is 9.72. The van der Waals surface area contributed by atoms with Crippen LogP contribution in [0.1, 0.15) is 20.1 Å². The third kappa shape index (κ3) is 3.18. The Hall–Kier alpha value is -2.42. The maximum atomic E-state index is 11.6. The topological polar surface area (TPSA) is 74.7 Å². The molecular weight excluding hydrogens is 370 g/mol. The van der Waals surface area contributed by atoms with E-state index in [1.165, 1.54) is 16.9 Å². The maximum Gasteiger partial charge on any atom is 0.284 e. The van der Waals surface area contributed by atoms with Crippen LogP contribution in [0.5, 0.6) is 5.75 Å². The fourth-order valence-corrected chi connectivity index (χ4v) is 5.01. The Morgan fingerprint density at radius 2 is 2.12 bits per heavy atom. The lowest BCUT2D eigenvalue weighted by Crippen LogP contribution is -2.29. The van der Waals surface area contributed by atoms with Gasteiger partial charge in [-0.15, -0.1) is 11.3 Å². The summed E-state index contributed by atoms with van der Waals surface area (Å²) >= 11 is 3.08. The summed E-state index contributed by atoms with van der Waals surface area (Å²) in [5, 5.41) is 9.78. The number of nitrogens with zero attached hydrogens (tertiary/aromatic N) is 2. The molecule has 1 aromatic carbocycles. The summed E-state index contributed by atoms with van der Waals surface area (Å²) in [6.45, 7) is 1.59. The van der Waals surface area contributed by atoms with Crippen LogP contribution in [0.3, 0.4) is 0 Å². The first-order valence-electron chi connectivity index (χ1n) is 8.09. The van der Waals surface area contributed by atoms with Crippen molar-refractivity contribution in [2.24, 2.45) is 0 Å². The van der Waals surface area contributed by atoms with E-state index in [2.05, 4.69) is 9.88 Å². The van der Waals surface area contributed by atoms with E-state index in [4.69, 9.17) is 9.94 Å². The molecular formula is C18H17N3O3S2. The highest BCUT2D eigenvalue weighted by atomic mass is 32.1. The van der Waals surface area contributed by atoms with E-state index in [1.54, 1.807) is 23.9 Å². The van der Waals surface area contributed by atoms with Crippen molar-refractivity contribution >= 4 is 33.7 Å². The van der Waals surface area contributed by atoms with Crippen LogP contribution in [0.15, 0.2) is 36.5 Å². The first kappa shape index (κ1) is 17.0. The standard InChI is InChI=1S/C18H17N3O3S2/c1-24-13-4-2-11(3-5-13)15-9-19-18(26-15)21-7-6-12-8-14(17(22)20-23)25-16(12)10-21/h2-5,8-9,23H,6-7,10H2,1H3,(H,20,22).